The van der Waals surface area contributed by atoms with Crippen LogP contribution in [-0.4, -0.2) is 24.4 Å². The molecule has 0 fully saturated rings. The summed E-state index contributed by atoms with van der Waals surface area (Å²) in [6.07, 6.45) is 1.59. The molecule has 0 unspecified atom stereocenters. The van der Waals surface area contributed by atoms with E-state index in [0.29, 0.717) is 10.6 Å². The zero-order valence-electron chi connectivity index (χ0n) is 13.2. The summed E-state index contributed by atoms with van der Waals surface area (Å²) in [6, 6.07) is 12.8. The van der Waals surface area contributed by atoms with E-state index in [-0.39, 0.29) is 18.2 Å². The van der Waals surface area contributed by atoms with Gasteiger partial charge in [0, 0.05) is 35.4 Å². The molecule has 0 amide bonds. The van der Waals surface area contributed by atoms with Crippen LogP contribution in [0.1, 0.15) is 19.4 Å². The Morgan fingerprint density at radius 1 is 1.13 bits per heavy atom. The number of hydrogen-bond donors (Lipinski definition) is 2. The molecule has 0 aliphatic heterocycles. The lowest BCUT2D eigenvalue weighted by Gasteiger charge is -2.21. The number of phenols is 1. The molecule has 2 aromatic carbocycles. The van der Waals surface area contributed by atoms with Crippen molar-refractivity contribution in [2.75, 3.05) is 23.4 Å². The second kappa shape index (κ2) is 9.28. The molecular formula is C17H21Cl2N3O. The highest BCUT2D eigenvalue weighted by atomic mass is 35.5. The van der Waals surface area contributed by atoms with Crippen LogP contribution in [0.5, 0.6) is 5.75 Å². The molecule has 0 aliphatic carbocycles. The van der Waals surface area contributed by atoms with Gasteiger partial charge in [-0.15, -0.1) is 12.4 Å². The van der Waals surface area contributed by atoms with Crippen molar-refractivity contribution >= 4 is 41.6 Å². The number of phenolic OH excluding ortho intramolecular Hbond substituents is 1. The van der Waals surface area contributed by atoms with Gasteiger partial charge in [0.15, 0.2) is 0 Å². The van der Waals surface area contributed by atoms with Crippen LogP contribution >= 0.6 is 24.0 Å². The van der Waals surface area contributed by atoms with Gasteiger partial charge in [0.1, 0.15) is 5.75 Å². The molecule has 124 valence electrons. The number of nitrogens with one attached hydrogen (secondary N) is 1. The van der Waals surface area contributed by atoms with E-state index in [1.807, 2.05) is 24.3 Å². The lowest BCUT2D eigenvalue weighted by molar-refractivity contribution is 0.474. The van der Waals surface area contributed by atoms with Crippen molar-refractivity contribution in [1.82, 2.24) is 0 Å². The van der Waals surface area contributed by atoms with Gasteiger partial charge < -0.3 is 10.0 Å². The fourth-order valence-corrected chi connectivity index (χ4v) is 2.25. The Morgan fingerprint density at radius 3 is 2.35 bits per heavy atom. The number of hydrazone groups is 1. The van der Waals surface area contributed by atoms with E-state index in [9.17, 15) is 5.11 Å². The normalized spacial score (nSPS) is 10.4. The minimum Gasteiger partial charge on any atom is -0.507 e. The van der Waals surface area contributed by atoms with E-state index in [2.05, 4.69) is 29.3 Å². The molecule has 23 heavy (non-hydrogen) atoms. The van der Waals surface area contributed by atoms with Crippen LogP contribution in [0, 0.1) is 0 Å². The third-order valence-corrected chi connectivity index (χ3v) is 3.64. The molecular weight excluding hydrogens is 333 g/mol. The zero-order chi connectivity index (χ0) is 15.9. The molecule has 0 bridgehead atoms. The van der Waals surface area contributed by atoms with Gasteiger partial charge in [-0.2, -0.15) is 5.10 Å². The lowest BCUT2D eigenvalue weighted by Crippen LogP contribution is -2.21. The predicted molar refractivity (Wildman–Crippen MR) is 102 cm³/mol. The van der Waals surface area contributed by atoms with Crippen molar-refractivity contribution in [1.29, 1.82) is 0 Å². The fraction of sp³-hybridized carbons (Fsp3) is 0.235. The summed E-state index contributed by atoms with van der Waals surface area (Å²) in [7, 11) is 0. The SMILES string of the molecule is CCN(CC)c1ccc(C=NNc2ccc(Cl)cc2)c(O)c1.Cl. The molecule has 0 radical (unpaired) electrons. The standard InChI is InChI=1S/C17H20ClN3O.ClH/c1-3-21(4-2)16-10-5-13(17(22)11-16)12-19-20-15-8-6-14(18)7-9-15;/h5-12,20,22H,3-4H2,1-2H3;1H. The van der Waals surface area contributed by atoms with Crippen LogP contribution in [0.2, 0.25) is 5.02 Å². The first-order valence-corrected chi connectivity index (χ1v) is 7.64. The zero-order valence-corrected chi connectivity index (χ0v) is 14.7. The van der Waals surface area contributed by atoms with Crippen molar-refractivity contribution in [2.45, 2.75) is 13.8 Å². The van der Waals surface area contributed by atoms with Gasteiger partial charge in [0.2, 0.25) is 0 Å². The summed E-state index contributed by atoms with van der Waals surface area (Å²) in [5.74, 6) is 0.214. The highest BCUT2D eigenvalue weighted by Crippen LogP contribution is 2.23. The average molecular weight is 354 g/mol. The van der Waals surface area contributed by atoms with Gasteiger partial charge in [0.25, 0.3) is 0 Å². The van der Waals surface area contributed by atoms with Crippen LogP contribution in [0.15, 0.2) is 47.6 Å². The molecule has 6 heteroatoms. The maximum Gasteiger partial charge on any atom is 0.126 e. The van der Waals surface area contributed by atoms with Gasteiger partial charge >= 0.3 is 0 Å². The largest absolute Gasteiger partial charge is 0.507 e. The van der Waals surface area contributed by atoms with Crippen LogP contribution in [0.3, 0.4) is 0 Å². The third kappa shape index (κ3) is 5.34. The van der Waals surface area contributed by atoms with Gasteiger partial charge in [-0.3, -0.25) is 5.43 Å². The Balaban J connectivity index is 0.00000264. The van der Waals surface area contributed by atoms with Crippen molar-refractivity contribution in [3.8, 4) is 5.75 Å². The first kappa shape index (κ1) is 19.1. The van der Waals surface area contributed by atoms with E-state index in [4.69, 9.17) is 11.6 Å². The highest BCUT2D eigenvalue weighted by molar-refractivity contribution is 6.30. The van der Waals surface area contributed by atoms with Crippen molar-refractivity contribution < 1.29 is 5.11 Å². The first-order chi connectivity index (χ1) is 10.6. The van der Waals surface area contributed by atoms with E-state index in [1.54, 1.807) is 24.4 Å². The first-order valence-electron chi connectivity index (χ1n) is 7.26. The Kier molecular flexibility index (Phi) is 7.72. The summed E-state index contributed by atoms with van der Waals surface area (Å²) >= 11 is 5.82. The van der Waals surface area contributed by atoms with E-state index >= 15 is 0 Å². The number of rotatable bonds is 6. The molecule has 0 aromatic heterocycles. The molecule has 4 nitrogen and oxygen atoms in total. The van der Waals surface area contributed by atoms with Crippen molar-refractivity contribution in [3.05, 3.63) is 53.1 Å². The summed E-state index contributed by atoms with van der Waals surface area (Å²) in [5.41, 5.74) is 5.40. The second-order valence-electron chi connectivity index (χ2n) is 4.79. The molecule has 0 atom stereocenters. The summed E-state index contributed by atoms with van der Waals surface area (Å²) in [5, 5.41) is 14.9. The highest BCUT2D eigenvalue weighted by Gasteiger charge is 2.05. The Bertz CT molecular complexity index is 641. The topological polar surface area (TPSA) is 47.9 Å². The number of anilines is 2. The van der Waals surface area contributed by atoms with Gasteiger partial charge in [-0.1, -0.05) is 11.6 Å². The lowest BCUT2D eigenvalue weighted by atomic mass is 10.2. The maximum absolute atomic E-state index is 10.1. The van der Waals surface area contributed by atoms with E-state index < -0.39 is 0 Å². The summed E-state index contributed by atoms with van der Waals surface area (Å²) in [4.78, 5) is 2.17. The van der Waals surface area contributed by atoms with E-state index in [0.717, 1.165) is 24.5 Å². The predicted octanol–water partition coefficient (Wildman–Crippen LogP) is 4.76. The summed E-state index contributed by atoms with van der Waals surface area (Å²) < 4.78 is 0. The Labute approximate surface area is 148 Å². The minimum absolute atomic E-state index is 0. The number of benzene rings is 2. The van der Waals surface area contributed by atoms with Gasteiger partial charge in [0.05, 0.1) is 11.9 Å². The van der Waals surface area contributed by atoms with E-state index in [1.165, 1.54) is 0 Å². The maximum atomic E-state index is 10.1. The number of nitrogens with zero attached hydrogens (tertiary/aromatic N) is 2. The molecule has 2 aromatic rings. The molecule has 2 N–H and O–H groups in total. The minimum atomic E-state index is 0. The number of hydrogen-bond acceptors (Lipinski definition) is 4. The van der Waals surface area contributed by atoms with Crippen LogP contribution in [0.4, 0.5) is 11.4 Å². The number of aromatic hydroxyl groups is 1. The second-order valence-corrected chi connectivity index (χ2v) is 5.23. The monoisotopic (exact) mass is 353 g/mol. The number of halogens is 2. The smallest absolute Gasteiger partial charge is 0.126 e. The molecule has 2 rings (SSSR count). The quantitative estimate of drug-likeness (QED) is 0.581. The van der Waals surface area contributed by atoms with Crippen molar-refractivity contribution in [3.63, 3.8) is 0 Å². The van der Waals surface area contributed by atoms with Crippen LogP contribution in [0.25, 0.3) is 0 Å². The molecule has 0 heterocycles. The average Bonchev–Trinajstić information content (AvgIpc) is 2.52. The van der Waals surface area contributed by atoms with Gasteiger partial charge in [-0.05, 0) is 50.2 Å². The Morgan fingerprint density at radius 2 is 1.78 bits per heavy atom. The molecule has 0 aliphatic rings. The summed E-state index contributed by atoms with van der Waals surface area (Å²) in [6.45, 7) is 5.99. The molecule has 0 spiro atoms. The third-order valence-electron chi connectivity index (χ3n) is 3.38. The van der Waals surface area contributed by atoms with Crippen LogP contribution < -0.4 is 10.3 Å². The molecule has 0 saturated heterocycles. The fourth-order valence-electron chi connectivity index (χ4n) is 2.13. The van der Waals surface area contributed by atoms with Crippen molar-refractivity contribution in [2.24, 2.45) is 5.10 Å². The van der Waals surface area contributed by atoms with Crippen LogP contribution in [-0.2, 0) is 0 Å². The molecule has 0 saturated carbocycles. The van der Waals surface area contributed by atoms with Gasteiger partial charge in [-0.25, -0.2) is 0 Å². The Hall–Kier alpha value is -1.91.